The predicted molar refractivity (Wildman–Crippen MR) is 137 cm³/mol. The molecule has 2 heterocycles. The fourth-order valence-corrected chi connectivity index (χ4v) is 4.14. The molecule has 1 saturated heterocycles. The van der Waals surface area contributed by atoms with Crippen molar-refractivity contribution in [3.8, 4) is 11.4 Å². The molecule has 0 saturated carbocycles. The Balaban J connectivity index is 1.30. The molecule has 178 valence electrons. The lowest BCUT2D eigenvalue weighted by molar-refractivity contribution is 0.0936. The number of hydrogen-bond acceptors (Lipinski definition) is 6. The quantitative estimate of drug-likeness (QED) is 0.506. The second-order valence-corrected chi connectivity index (χ2v) is 8.78. The van der Waals surface area contributed by atoms with Crippen molar-refractivity contribution >= 4 is 17.4 Å². The second-order valence-electron chi connectivity index (χ2n) is 8.78. The highest BCUT2D eigenvalue weighted by molar-refractivity contribution is 5.95. The van der Waals surface area contributed by atoms with Crippen LogP contribution in [0.5, 0.6) is 0 Å². The van der Waals surface area contributed by atoms with Gasteiger partial charge in [0, 0.05) is 62.3 Å². The summed E-state index contributed by atoms with van der Waals surface area (Å²) in [4.78, 5) is 26.7. The molecular formula is C27H34N6O. The second kappa shape index (κ2) is 11.7. The molecule has 34 heavy (non-hydrogen) atoms. The van der Waals surface area contributed by atoms with Gasteiger partial charge in [0.2, 0.25) is 0 Å². The number of amides is 1. The summed E-state index contributed by atoms with van der Waals surface area (Å²) in [6.07, 6.45) is 2.94. The maximum Gasteiger partial charge on any atom is 0.251 e. The van der Waals surface area contributed by atoms with Gasteiger partial charge in [-0.3, -0.25) is 9.69 Å². The first-order chi connectivity index (χ1) is 16.6. The van der Waals surface area contributed by atoms with Crippen LogP contribution in [0.3, 0.4) is 0 Å². The molecule has 0 unspecified atom stereocenters. The van der Waals surface area contributed by atoms with Crippen molar-refractivity contribution in [1.82, 2.24) is 25.1 Å². The third kappa shape index (κ3) is 6.62. The Morgan fingerprint density at radius 1 is 0.971 bits per heavy atom. The summed E-state index contributed by atoms with van der Waals surface area (Å²) in [7, 11) is 0. The third-order valence-electron chi connectivity index (χ3n) is 6.08. The molecule has 1 fully saturated rings. The van der Waals surface area contributed by atoms with Crippen molar-refractivity contribution in [2.24, 2.45) is 0 Å². The highest BCUT2D eigenvalue weighted by Gasteiger charge is 2.16. The third-order valence-corrected chi connectivity index (χ3v) is 6.08. The van der Waals surface area contributed by atoms with Gasteiger partial charge >= 0.3 is 0 Å². The van der Waals surface area contributed by atoms with E-state index >= 15 is 0 Å². The average Bonchev–Trinajstić information content (AvgIpc) is 2.86. The number of aryl methyl sites for hydroxylation is 1. The molecule has 1 aromatic heterocycles. The van der Waals surface area contributed by atoms with Gasteiger partial charge < -0.3 is 15.5 Å². The van der Waals surface area contributed by atoms with Gasteiger partial charge in [0.1, 0.15) is 5.82 Å². The summed E-state index contributed by atoms with van der Waals surface area (Å²) >= 11 is 0. The largest absolute Gasteiger partial charge is 0.351 e. The zero-order valence-electron chi connectivity index (χ0n) is 20.1. The smallest absolute Gasteiger partial charge is 0.251 e. The summed E-state index contributed by atoms with van der Waals surface area (Å²) in [5, 5.41) is 6.36. The van der Waals surface area contributed by atoms with Gasteiger partial charge in [-0.05, 0) is 44.2 Å². The molecule has 2 aromatic carbocycles. The van der Waals surface area contributed by atoms with Crippen LogP contribution >= 0.6 is 0 Å². The highest BCUT2D eigenvalue weighted by Crippen LogP contribution is 2.20. The van der Waals surface area contributed by atoms with Gasteiger partial charge in [0.15, 0.2) is 5.82 Å². The number of nitrogens with one attached hydrogen (secondary N) is 2. The van der Waals surface area contributed by atoms with E-state index in [9.17, 15) is 4.79 Å². The topological polar surface area (TPSA) is 73.4 Å². The number of anilines is 2. The van der Waals surface area contributed by atoms with E-state index in [0.717, 1.165) is 44.0 Å². The van der Waals surface area contributed by atoms with E-state index < -0.39 is 0 Å². The van der Waals surface area contributed by atoms with Crippen molar-refractivity contribution in [2.45, 2.75) is 20.3 Å². The molecule has 0 aliphatic carbocycles. The number of rotatable bonds is 9. The first kappa shape index (κ1) is 23.9. The molecule has 7 heteroatoms. The van der Waals surface area contributed by atoms with E-state index in [1.54, 1.807) is 6.20 Å². The zero-order chi connectivity index (χ0) is 23.8. The van der Waals surface area contributed by atoms with E-state index in [-0.39, 0.29) is 5.91 Å². The number of hydrogen-bond donors (Lipinski definition) is 2. The number of aromatic nitrogens is 2. The van der Waals surface area contributed by atoms with Crippen LogP contribution in [0.1, 0.15) is 29.3 Å². The maximum atomic E-state index is 12.7. The molecule has 0 atom stereocenters. The Morgan fingerprint density at radius 3 is 2.44 bits per heavy atom. The standard InChI is InChI=1S/C27H34N6O/c1-3-14-32-16-18-33(19-17-32)15-13-29-27(34)23-5-4-6-24(20-23)30-25-11-12-28-26(31-25)22-9-7-21(2)8-10-22/h4-12,20H,3,13-19H2,1-2H3,(H,29,34)(H,28,30,31). The molecule has 7 nitrogen and oxygen atoms in total. The average molecular weight is 459 g/mol. The number of carbonyl (C=O) groups excluding carboxylic acids is 1. The summed E-state index contributed by atoms with van der Waals surface area (Å²) in [5.74, 6) is 1.29. The van der Waals surface area contributed by atoms with Crippen molar-refractivity contribution in [1.29, 1.82) is 0 Å². The van der Waals surface area contributed by atoms with Gasteiger partial charge in [-0.25, -0.2) is 9.97 Å². The maximum absolute atomic E-state index is 12.7. The number of benzene rings is 2. The molecular weight excluding hydrogens is 424 g/mol. The lowest BCUT2D eigenvalue weighted by atomic mass is 10.1. The van der Waals surface area contributed by atoms with Crippen LogP contribution in [0.4, 0.5) is 11.5 Å². The number of carbonyl (C=O) groups is 1. The summed E-state index contributed by atoms with van der Waals surface area (Å²) in [5.41, 5.74) is 3.61. The van der Waals surface area contributed by atoms with Crippen molar-refractivity contribution < 1.29 is 4.79 Å². The molecule has 1 aliphatic heterocycles. The fraction of sp³-hybridized carbons (Fsp3) is 0.370. The molecule has 4 rings (SSSR count). The molecule has 0 radical (unpaired) electrons. The minimum atomic E-state index is -0.0590. The summed E-state index contributed by atoms with van der Waals surface area (Å²) in [6.45, 7) is 11.4. The fourth-order valence-electron chi connectivity index (χ4n) is 4.14. The van der Waals surface area contributed by atoms with Crippen LogP contribution in [-0.4, -0.2) is 71.5 Å². The van der Waals surface area contributed by atoms with E-state index in [2.05, 4.69) is 44.2 Å². The van der Waals surface area contributed by atoms with Gasteiger partial charge in [-0.1, -0.05) is 42.8 Å². The molecule has 1 amide bonds. The molecule has 1 aliphatic rings. The summed E-state index contributed by atoms with van der Waals surface area (Å²) in [6, 6.07) is 17.5. The van der Waals surface area contributed by atoms with Crippen molar-refractivity contribution in [3.05, 3.63) is 71.9 Å². The first-order valence-electron chi connectivity index (χ1n) is 12.1. The van der Waals surface area contributed by atoms with Crippen LogP contribution in [0, 0.1) is 6.92 Å². The summed E-state index contributed by atoms with van der Waals surface area (Å²) < 4.78 is 0. The molecule has 2 N–H and O–H groups in total. The molecule has 0 bridgehead atoms. The van der Waals surface area contributed by atoms with E-state index in [4.69, 9.17) is 0 Å². The Bertz CT molecular complexity index is 1080. The Kier molecular flexibility index (Phi) is 8.22. The molecule has 3 aromatic rings. The Hall–Kier alpha value is -3.29. The van der Waals surface area contributed by atoms with E-state index in [1.807, 2.05) is 54.6 Å². The number of piperazine rings is 1. The van der Waals surface area contributed by atoms with Crippen molar-refractivity contribution in [2.75, 3.05) is 51.1 Å². The minimum Gasteiger partial charge on any atom is -0.351 e. The van der Waals surface area contributed by atoms with Gasteiger partial charge in [0.25, 0.3) is 5.91 Å². The van der Waals surface area contributed by atoms with Crippen LogP contribution in [0.15, 0.2) is 60.8 Å². The first-order valence-corrected chi connectivity index (χ1v) is 12.1. The normalized spacial score (nSPS) is 14.6. The highest BCUT2D eigenvalue weighted by atomic mass is 16.1. The van der Waals surface area contributed by atoms with E-state index in [0.29, 0.717) is 23.8 Å². The van der Waals surface area contributed by atoms with Crippen LogP contribution < -0.4 is 10.6 Å². The van der Waals surface area contributed by atoms with Gasteiger partial charge in [0.05, 0.1) is 0 Å². The Morgan fingerprint density at radius 2 is 1.71 bits per heavy atom. The lowest BCUT2D eigenvalue weighted by Crippen LogP contribution is -2.48. The van der Waals surface area contributed by atoms with E-state index in [1.165, 1.54) is 18.5 Å². The predicted octanol–water partition coefficient (Wildman–Crippen LogP) is 3.95. The van der Waals surface area contributed by atoms with Crippen LogP contribution in [-0.2, 0) is 0 Å². The van der Waals surface area contributed by atoms with Crippen LogP contribution in [0.25, 0.3) is 11.4 Å². The molecule has 0 spiro atoms. The Labute approximate surface area is 202 Å². The van der Waals surface area contributed by atoms with Crippen molar-refractivity contribution in [3.63, 3.8) is 0 Å². The number of nitrogens with zero attached hydrogens (tertiary/aromatic N) is 4. The lowest BCUT2D eigenvalue weighted by Gasteiger charge is -2.34. The van der Waals surface area contributed by atoms with Gasteiger partial charge in [-0.2, -0.15) is 0 Å². The zero-order valence-corrected chi connectivity index (χ0v) is 20.1. The SMILES string of the molecule is CCCN1CCN(CCNC(=O)c2cccc(Nc3ccnc(-c4ccc(C)cc4)n3)c2)CC1. The monoisotopic (exact) mass is 458 g/mol. The van der Waals surface area contributed by atoms with Gasteiger partial charge in [-0.15, -0.1) is 0 Å². The minimum absolute atomic E-state index is 0.0590. The van der Waals surface area contributed by atoms with Crippen LogP contribution in [0.2, 0.25) is 0 Å².